The molecule has 3 heteroatoms. The molecule has 0 aromatic heterocycles. The maximum Gasteiger partial charge on any atom is 0.205 e. The van der Waals surface area contributed by atoms with E-state index in [-0.39, 0.29) is 5.78 Å². The van der Waals surface area contributed by atoms with Gasteiger partial charge in [-0.15, -0.1) is 11.6 Å². The third kappa shape index (κ3) is 9.39. The van der Waals surface area contributed by atoms with Crippen molar-refractivity contribution in [1.29, 1.82) is 0 Å². The fourth-order valence-corrected chi connectivity index (χ4v) is 1.02. The molecule has 0 fully saturated rings. The van der Waals surface area contributed by atoms with Gasteiger partial charge in [-0.05, 0) is 18.8 Å². The van der Waals surface area contributed by atoms with Crippen molar-refractivity contribution in [3.05, 3.63) is 0 Å². The quantitative estimate of drug-likeness (QED) is 0.285. The van der Waals surface area contributed by atoms with E-state index in [1.165, 1.54) is 0 Å². The number of methoxy groups -OCH3 is 1. The summed E-state index contributed by atoms with van der Waals surface area (Å²) in [5, 5.41) is 0. The third-order valence-corrected chi connectivity index (χ3v) is 1.75. The number of ketones is 1. The van der Waals surface area contributed by atoms with Gasteiger partial charge in [-0.2, -0.15) is 0 Å². The minimum Gasteiger partial charge on any atom is -0.372 e. The number of halogens is 1. The Morgan fingerprint density at radius 2 is 2.15 bits per heavy atom. The molecule has 0 saturated heterocycles. The molecule has 0 heterocycles. The van der Waals surface area contributed by atoms with Crippen LogP contribution >= 0.6 is 11.6 Å². The number of carbonyl (C=O) groups is 1. The second kappa shape index (κ2) is 9.57. The highest BCUT2D eigenvalue weighted by molar-refractivity contribution is 6.17. The molecule has 0 amide bonds. The molecule has 0 aromatic carbocycles. The Kier molecular flexibility index (Phi) is 9.18. The largest absolute Gasteiger partial charge is 0.372 e. The molecule has 13 heavy (non-hydrogen) atoms. The number of carbonyl (C=O) groups excluding carboxylic acids is 1. The SMILES string of the molecule is COCC#CC(=O)CCCCCCl. The minimum atomic E-state index is -0.00776. The lowest BCUT2D eigenvalue weighted by molar-refractivity contribution is -0.113. The minimum absolute atomic E-state index is 0.00776. The molecule has 0 unspecified atom stereocenters. The molecule has 0 aromatic rings. The van der Waals surface area contributed by atoms with Gasteiger partial charge in [0.2, 0.25) is 5.78 Å². The first-order valence-corrected chi connectivity index (χ1v) is 4.91. The van der Waals surface area contributed by atoms with E-state index in [0.29, 0.717) is 18.9 Å². The number of Topliss-reactive ketones (excluding diaryl/α,β-unsaturated/α-hetero) is 1. The van der Waals surface area contributed by atoms with Gasteiger partial charge in [-0.25, -0.2) is 0 Å². The normalized spacial score (nSPS) is 9.08. The number of unbranched alkanes of at least 4 members (excludes halogenated alkanes) is 2. The standard InChI is InChI=1S/C10H15ClO2/c1-13-9-5-7-10(12)6-3-2-4-8-11/h2-4,6,8-9H2,1H3. The maximum atomic E-state index is 11.0. The van der Waals surface area contributed by atoms with Crippen molar-refractivity contribution in [3.63, 3.8) is 0 Å². The van der Waals surface area contributed by atoms with E-state index in [1.54, 1.807) is 7.11 Å². The predicted molar refractivity (Wildman–Crippen MR) is 53.8 cm³/mol. The van der Waals surface area contributed by atoms with E-state index in [0.717, 1.165) is 19.3 Å². The van der Waals surface area contributed by atoms with Crippen LogP contribution in [-0.2, 0) is 9.53 Å². The van der Waals surface area contributed by atoms with Crippen molar-refractivity contribution >= 4 is 17.4 Å². The van der Waals surface area contributed by atoms with Gasteiger partial charge in [-0.1, -0.05) is 12.3 Å². The summed E-state index contributed by atoms with van der Waals surface area (Å²) in [6.45, 7) is 0.327. The molecule has 0 radical (unpaired) electrons. The third-order valence-electron chi connectivity index (χ3n) is 1.48. The van der Waals surface area contributed by atoms with Crippen LogP contribution in [0.3, 0.4) is 0 Å². The van der Waals surface area contributed by atoms with E-state index < -0.39 is 0 Å². The fourth-order valence-electron chi connectivity index (χ4n) is 0.826. The summed E-state index contributed by atoms with van der Waals surface area (Å²) in [6, 6.07) is 0. The molecule has 0 rings (SSSR count). The van der Waals surface area contributed by atoms with Crippen LogP contribution < -0.4 is 0 Å². The molecular formula is C10H15ClO2. The molecule has 0 saturated carbocycles. The van der Waals surface area contributed by atoms with Gasteiger partial charge in [0.1, 0.15) is 6.61 Å². The molecule has 0 bridgehead atoms. The Labute approximate surface area is 84.6 Å². The van der Waals surface area contributed by atoms with Crippen LogP contribution in [0.4, 0.5) is 0 Å². The van der Waals surface area contributed by atoms with Gasteiger partial charge in [0.05, 0.1) is 0 Å². The number of rotatable bonds is 6. The molecule has 0 aliphatic heterocycles. The zero-order valence-electron chi connectivity index (χ0n) is 7.94. The number of hydrogen-bond donors (Lipinski definition) is 0. The summed E-state index contributed by atoms with van der Waals surface area (Å²) in [5.74, 6) is 5.80. The fraction of sp³-hybridized carbons (Fsp3) is 0.700. The zero-order valence-corrected chi connectivity index (χ0v) is 8.69. The van der Waals surface area contributed by atoms with Gasteiger partial charge in [0.15, 0.2) is 0 Å². The Balaban J connectivity index is 3.36. The Morgan fingerprint density at radius 1 is 1.38 bits per heavy atom. The first-order valence-electron chi connectivity index (χ1n) is 4.38. The molecule has 0 aliphatic rings. The second-order valence-corrected chi connectivity index (χ2v) is 3.04. The van der Waals surface area contributed by atoms with Crippen molar-refractivity contribution in [3.8, 4) is 11.8 Å². The first kappa shape index (κ1) is 12.5. The van der Waals surface area contributed by atoms with Gasteiger partial charge in [-0.3, -0.25) is 4.79 Å². The van der Waals surface area contributed by atoms with Crippen LogP contribution in [0.1, 0.15) is 25.7 Å². The lowest BCUT2D eigenvalue weighted by Gasteiger charge is -1.93. The molecule has 0 spiro atoms. The van der Waals surface area contributed by atoms with Gasteiger partial charge >= 0.3 is 0 Å². The lowest BCUT2D eigenvalue weighted by atomic mass is 10.1. The molecular weight excluding hydrogens is 188 g/mol. The number of ether oxygens (including phenoxy) is 1. The second-order valence-electron chi connectivity index (χ2n) is 2.66. The van der Waals surface area contributed by atoms with E-state index >= 15 is 0 Å². The van der Waals surface area contributed by atoms with E-state index in [4.69, 9.17) is 16.3 Å². The summed E-state index contributed by atoms with van der Waals surface area (Å²) in [4.78, 5) is 11.0. The highest BCUT2D eigenvalue weighted by atomic mass is 35.5. The van der Waals surface area contributed by atoms with E-state index in [9.17, 15) is 4.79 Å². The average molecular weight is 203 g/mol. The summed E-state index contributed by atoms with van der Waals surface area (Å²) >= 11 is 5.49. The average Bonchev–Trinajstić information content (AvgIpc) is 2.13. The molecule has 0 atom stereocenters. The van der Waals surface area contributed by atoms with Crippen LogP contribution in [0.2, 0.25) is 0 Å². The van der Waals surface area contributed by atoms with Gasteiger partial charge < -0.3 is 4.74 Å². The summed E-state index contributed by atoms with van der Waals surface area (Å²) < 4.78 is 4.69. The van der Waals surface area contributed by atoms with Crippen LogP contribution in [0.15, 0.2) is 0 Å². The lowest BCUT2D eigenvalue weighted by Crippen LogP contribution is -1.94. The maximum absolute atomic E-state index is 11.0. The molecule has 74 valence electrons. The highest BCUT2D eigenvalue weighted by Crippen LogP contribution is 2.01. The zero-order chi connectivity index (χ0) is 9.94. The van der Waals surface area contributed by atoms with E-state index in [1.807, 2.05) is 0 Å². The van der Waals surface area contributed by atoms with E-state index in [2.05, 4.69) is 11.8 Å². The van der Waals surface area contributed by atoms with Crippen LogP contribution in [0.5, 0.6) is 0 Å². The Morgan fingerprint density at radius 3 is 2.77 bits per heavy atom. The van der Waals surface area contributed by atoms with Crippen molar-refractivity contribution in [2.45, 2.75) is 25.7 Å². The van der Waals surface area contributed by atoms with Crippen molar-refractivity contribution in [2.75, 3.05) is 19.6 Å². The first-order chi connectivity index (χ1) is 6.31. The van der Waals surface area contributed by atoms with Crippen molar-refractivity contribution < 1.29 is 9.53 Å². The molecule has 2 nitrogen and oxygen atoms in total. The Bertz CT molecular complexity index is 191. The van der Waals surface area contributed by atoms with Gasteiger partial charge in [0.25, 0.3) is 0 Å². The topological polar surface area (TPSA) is 26.3 Å². The summed E-state index contributed by atoms with van der Waals surface area (Å²) in [6.07, 6.45) is 3.39. The summed E-state index contributed by atoms with van der Waals surface area (Å²) in [5.41, 5.74) is 0. The Hall–Kier alpha value is -0.520. The van der Waals surface area contributed by atoms with Crippen LogP contribution in [-0.4, -0.2) is 25.4 Å². The van der Waals surface area contributed by atoms with Crippen molar-refractivity contribution in [1.82, 2.24) is 0 Å². The van der Waals surface area contributed by atoms with Gasteiger partial charge in [0, 0.05) is 19.4 Å². The number of alkyl halides is 1. The monoisotopic (exact) mass is 202 g/mol. The smallest absolute Gasteiger partial charge is 0.205 e. The predicted octanol–water partition coefficient (Wildman–Crippen LogP) is 2.00. The van der Waals surface area contributed by atoms with Crippen LogP contribution in [0, 0.1) is 11.8 Å². The molecule has 0 N–H and O–H groups in total. The van der Waals surface area contributed by atoms with Crippen molar-refractivity contribution in [2.24, 2.45) is 0 Å². The van der Waals surface area contributed by atoms with Crippen LogP contribution in [0.25, 0.3) is 0 Å². The molecule has 0 aliphatic carbocycles. The highest BCUT2D eigenvalue weighted by Gasteiger charge is 1.95. The number of hydrogen-bond acceptors (Lipinski definition) is 2. The summed E-state index contributed by atoms with van der Waals surface area (Å²) in [7, 11) is 1.56.